The molecule has 0 aromatic rings. The van der Waals surface area contributed by atoms with Crippen molar-refractivity contribution in [3.8, 4) is 0 Å². The molecule has 0 amide bonds. The molecule has 1 rings (SSSR count). The fraction of sp³-hybridized carbons (Fsp3) is 0.929. The minimum Gasteiger partial charge on any atom is -0.481 e. The van der Waals surface area contributed by atoms with Gasteiger partial charge >= 0.3 is 5.97 Å². The van der Waals surface area contributed by atoms with Crippen molar-refractivity contribution in [3.63, 3.8) is 0 Å². The van der Waals surface area contributed by atoms with E-state index in [0.29, 0.717) is 18.6 Å². The van der Waals surface area contributed by atoms with Crippen molar-refractivity contribution >= 4 is 5.97 Å². The molecule has 4 heteroatoms. The van der Waals surface area contributed by atoms with E-state index in [4.69, 9.17) is 0 Å². The molecule has 0 bridgehead atoms. The summed E-state index contributed by atoms with van der Waals surface area (Å²) in [5.41, 5.74) is -0.659. The van der Waals surface area contributed by atoms with Crippen molar-refractivity contribution in [2.75, 3.05) is 19.6 Å². The lowest BCUT2D eigenvalue weighted by molar-refractivity contribution is -0.148. The van der Waals surface area contributed by atoms with Gasteiger partial charge in [-0.25, -0.2) is 0 Å². The Kier molecular flexibility index (Phi) is 5.60. The van der Waals surface area contributed by atoms with Gasteiger partial charge in [-0.1, -0.05) is 20.3 Å². The Labute approximate surface area is 111 Å². The Morgan fingerprint density at radius 2 is 2.11 bits per heavy atom. The quantitative estimate of drug-likeness (QED) is 0.762. The van der Waals surface area contributed by atoms with Gasteiger partial charge in [0.05, 0.1) is 5.41 Å². The lowest BCUT2D eigenvalue weighted by Crippen LogP contribution is -2.51. The summed E-state index contributed by atoms with van der Waals surface area (Å²) < 4.78 is 0. The molecule has 0 aromatic carbocycles. The van der Waals surface area contributed by atoms with Crippen LogP contribution in [-0.4, -0.2) is 47.7 Å². The number of carboxylic acid groups (broad SMARTS) is 1. The summed E-state index contributed by atoms with van der Waals surface area (Å²) in [5.74, 6) is -0.705. The summed E-state index contributed by atoms with van der Waals surface area (Å²) in [6, 6.07) is 0.973. The smallest absolute Gasteiger partial charge is 0.310 e. The summed E-state index contributed by atoms with van der Waals surface area (Å²) in [4.78, 5) is 13.6. The molecule has 1 aliphatic heterocycles. The van der Waals surface area contributed by atoms with Crippen LogP contribution in [0.2, 0.25) is 0 Å². The van der Waals surface area contributed by atoms with Crippen LogP contribution in [0.3, 0.4) is 0 Å². The molecule has 0 radical (unpaired) electrons. The molecular formula is C14H28N2O2. The van der Waals surface area contributed by atoms with Crippen LogP contribution < -0.4 is 5.32 Å². The predicted molar refractivity (Wildman–Crippen MR) is 73.8 cm³/mol. The molecule has 0 spiro atoms. The fourth-order valence-electron chi connectivity index (χ4n) is 2.45. The van der Waals surface area contributed by atoms with Gasteiger partial charge in [0, 0.05) is 25.2 Å². The average molecular weight is 256 g/mol. The van der Waals surface area contributed by atoms with E-state index in [1.54, 1.807) is 0 Å². The van der Waals surface area contributed by atoms with Gasteiger partial charge in [0.1, 0.15) is 0 Å². The topological polar surface area (TPSA) is 52.6 Å². The SMILES string of the molecule is CC(C)NCC1CCCCN1CC(C)(C)C(=O)O. The van der Waals surface area contributed by atoms with Crippen molar-refractivity contribution < 1.29 is 9.90 Å². The van der Waals surface area contributed by atoms with Gasteiger partial charge in [0.15, 0.2) is 0 Å². The molecular weight excluding hydrogens is 228 g/mol. The van der Waals surface area contributed by atoms with Crippen LogP contribution in [0, 0.1) is 5.41 Å². The molecule has 1 aliphatic rings. The number of rotatable bonds is 6. The van der Waals surface area contributed by atoms with Crippen LogP contribution in [0.1, 0.15) is 47.0 Å². The Bertz CT molecular complexity index is 277. The Hall–Kier alpha value is -0.610. The third-order valence-electron chi connectivity index (χ3n) is 3.69. The van der Waals surface area contributed by atoms with Gasteiger partial charge in [0.2, 0.25) is 0 Å². The van der Waals surface area contributed by atoms with Crippen LogP contribution in [0.5, 0.6) is 0 Å². The van der Waals surface area contributed by atoms with Crippen LogP contribution >= 0.6 is 0 Å². The summed E-state index contributed by atoms with van der Waals surface area (Å²) in [6.07, 6.45) is 3.62. The second-order valence-electron chi connectivity index (χ2n) is 6.37. The first-order valence-electron chi connectivity index (χ1n) is 7.04. The first-order chi connectivity index (χ1) is 8.33. The van der Waals surface area contributed by atoms with E-state index >= 15 is 0 Å². The van der Waals surface area contributed by atoms with Gasteiger partial charge in [-0.3, -0.25) is 9.69 Å². The first kappa shape index (κ1) is 15.4. The van der Waals surface area contributed by atoms with Crippen molar-refractivity contribution in [1.29, 1.82) is 0 Å². The Balaban J connectivity index is 2.56. The van der Waals surface area contributed by atoms with Gasteiger partial charge in [-0.05, 0) is 33.2 Å². The molecule has 0 aliphatic carbocycles. The summed E-state index contributed by atoms with van der Waals surface area (Å²) in [7, 11) is 0. The molecule has 18 heavy (non-hydrogen) atoms. The molecule has 2 N–H and O–H groups in total. The minimum absolute atomic E-state index is 0.486. The molecule has 0 saturated carbocycles. The number of nitrogens with one attached hydrogen (secondary N) is 1. The van der Waals surface area contributed by atoms with Crippen molar-refractivity contribution in [1.82, 2.24) is 10.2 Å². The van der Waals surface area contributed by atoms with Gasteiger partial charge in [-0.15, -0.1) is 0 Å². The average Bonchev–Trinajstić information content (AvgIpc) is 2.27. The van der Waals surface area contributed by atoms with Gasteiger partial charge in [-0.2, -0.15) is 0 Å². The van der Waals surface area contributed by atoms with E-state index in [1.807, 2.05) is 13.8 Å². The zero-order valence-electron chi connectivity index (χ0n) is 12.2. The monoisotopic (exact) mass is 256 g/mol. The summed E-state index contributed by atoms with van der Waals surface area (Å²) in [5, 5.41) is 12.7. The maximum absolute atomic E-state index is 11.2. The number of piperidine rings is 1. The second kappa shape index (κ2) is 6.53. The zero-order chi connectivity index (χ0) is 13.8. The second-order valence-corrected chi connectivity index (χ2v) is 6.37. The fourth-order valence-corrected chi connectivity index (χ4v) is 2.45. The molecule has 1 atom stereocenters. The van der Waals surface area contributed by atoms with E-state index in [0.717, 1.165) is 13.1 Å². The van der Waals surface area contributed by atoms with E-state index in [2.05, 4.69) is 24.1 Å². The third-order valence-corrected chi connectivity index (χ3v) is 3.69. The molecule has 1 unspecified atom stereocenters. The van der Waals surface area contributed by atoms with Crippen LogP contribution in [-0.2, 0) is 4.79 Å². The number of nitrogens with zero attached hydrogens (tertiary/aromatic N) is 1. The van der Waals surface area contributed by atoms with Gasteiger partial charge in [0.25, 0.3) is 0 Å². The number of hydrogen-bond acceptors (Lipinski definition) is 3. The van der Waals surface area contributed by atoms with Gasteiger partial charge < -0.3 is 10.4 Å². The molecule has 1 heterocycles. The third kappa shape index (κ3) is 4.58. The maximum Gasteiger partial charge on any atom is 0.310 e. The number of likely N-dealkylation sites (tertiary alicyclic amines) is 1. The van der Waals surface area contributed by atoms with Crippen molar-refractivity contribution in [2.24, 2.45) is 5.41 Å². The number of carboxylic acids is 1. The number of hydrogen-bond donors (Lipinski definition) is 2. The largest absolute Gasteiger partial charge is 0.481 e. The molecule has 106 valence electrons. The van der Waals surface area contributed by atoms with Crippen LogP contribution in [0.4, 0.5) is 0 Å². The van der Waals surface area contributed by atoms with Crippen LogP contribution in [0.25, 0.3) is 0 Å². The predicted octanol–water partition coefficient (Wildman–Crippen LogP) is 1.95. The van der Waals surface area contributed by atoms with E-state index in [1.165, 1.54) is 19.3 Å². The Morgan fingerprint density at radius 1 is 1.44 bits per heavy atom. The normalized spacial score (nSPS) is 22.4. The summed E-state index contributed by atoms with van der Waals surface area (Å²) >= 11 is 0. The van der Waals surface area contributed by atoms with E-state index in [-0.39, 0.29) is 0 Å². The molecule has 1 fully saturated rings. The highest BCUT2D eigenvalue weighted by Gasteiger charge is 2.33. The highest BCUT2D eigenvalue weighted by Crippen LogP contribution is 2.23. The van der Waals surface area contributed by atoms with E-state index < -0.39 is 11.4 Å². The first-order valence-corrected chi connectivity index (χ1v) is 7.04. The van der Waals surface area contributed by atoms with Crippen LogP contribution in [0.15, 0.2) is 0 Å². The van der Waals surface area contributed by atoms with E-state index in [9.17, 15) is 9.90 Å². The maximum atomic E-state index is 11.2. The molecule has 1 saturated heterocycles. The lowest BCUT2D eigenvalue weighted by atomic mass is 9.90. The zero-order valence-corrected chi connectivity index (χ0v) is 12.2. The molecule has 0 aromatic heterocycles. The number of aliphatic carboxylic acids is 1. The highest BCUT2D eigenvalue weighted by molar-refractivity contribution is 5.73. The van der Waals surface area contributed by atoms with Crippen molar-refractivity contribution in [2.45, 2.75) is 59.0 Å². The molecule has 4 nitrogen and oxygen atoms in total. The minimum atomic E-state index is -0.705. The Morgan fingerprint density at radius 3 is 2.67 bits per heavy atom. The standard InChI is InChI=1S/C14H28N2O2/c1-11(2)15-9-12-7-5-6-8-16(12)10-14(3,4)13(17)18/h11-12,15H,5-10H2,1-4H3,(H,17,18). The summed E-state index contributed by atoms with van der Waals surface area (Å²) in [6.45, 7) is 10.6. The number of carbonyl (C=O) groups is 1. The van der Waals surface area contributed by atoms with Crippen molar-refractivity contribution in [3.05, 3.63) is 0 Å². The lowest BCUT2D eigenvalue weighted by Gasteiger charge is -2.39. The highest BCUT2D eigenvalue weighted by atomic mass is 16.4.